The standard InChI is InChI=1S/C43H54FN9O4S/c1-26-28-8-6-15-53(37(28)52-51-36(26)50-39-48-32-10-5-9-31(44)35(32)58-39)33-12-11-29(34(49-33)38(55)56)30(18-45)27(2)47-25-42-20-40(3)19-41(4,21-42)23-43(22-40,24-42)57-17-14-46-13-7-16-54/h5,9-12,18,46,54H,6-8,13-17,19-25,45H2,1-4H3,(H,55,56)(H,48,50,51)/p-1/b30-18+,47-27?. The number of thiazole rings is 1. The molecular formula is C43H53FN9O4S-. The lowest BCUT2D eigenvalue weighted by Gasteiger charge is -2.69. The molecule has 4 heterocycles. The first-order chi connectivity index (χ1) is 27.8. The van der Waals surface area contributed by atoms with Gasteiger partial charge in [0.2, 0.25) is 0 Å². The van der Waals surface area contributed by atoms with Gasteiger partial charge in [0.15, 0.2) is 16.8 Å². The summed E-state index contributed by atoms with van der Waals surface area (Å²) in [5, 5.41) is 38.1. The molecule has 4 fully saturated rings. The third-order valence-electron chi connectivity index (χ3n) is 12.7. The Labute approximate surface area is 342 Å². The highest BCUT2D eigenvalue weighted by Crippen LogP contribution is 2.71. The summed E-state index contributed by atoms with van der Waals surface area (Å²) in [6.07, 6.45) is 10.0. The first-order valence-corrected chi connectivity index (χ1v) is 21.2. The SMILES string of the molecule is CC(=NCC12CC3(C)CC(C)(C1)CC(OCCNCCCO)(C3)C2)/C(=C\N)c1ccc(N2CCCc3c2nnc(Nc2nc4cccc(F)c4s2)c3C)nc1C(=O)[O-]. The molecule has 58 heavy (non-hydrogen) atoms. The molecule has 2 unspecified atom stereocenters. The lowest BCUT2D eigenvalue weighted by molar-refractivity contribution is -0.255. The van der Waals surface area contributed by atoms with E-state index >= 15 is 0 Å². The molecule has 4 aromatic rings. The van der Waals surface area contributed by atoms with Crippen LogP contribution in [0.25, 0.3) is 15.8 Å². The number of fused-ring (bicyclic) bond motifs is 2. The number of anilines is 4. The number of aromatic carboxylic acids is 1. The molecular weight excluding hydrogens is 758 g/mol. The van der Waals surface area contributed by atoms with Crippen LogP contribution in [0.4, 0.5) is 27.0 Å². The van der Waals surface area contributed by atoms with E-state index in [4.69, 9.17) is 20.6 Å². The molecule has 1 aromatic carbocycles. The zero-order valence-corrected chi connectivity index (χ0v) is 34.6. The number of carbonyl (C=O) groups is 1. The predicted octanol–water partition coefficient (Wildman–Crippen LogP) is 5.99. The first kappa shape index (κ1) is 40.2. The van der Waals surface area contributed by atoms with Gasteiger partial charge in [0, 0.05) is 60.4 Å². The summed E-state index contributed by atoms with van der Waals surface area (Å²) in [7, 11) is 0. The van der Waals surface area contributed by atoms with Crippen molar-refractivity contribution in [2.75, 3.05) is 49.6 Å². The lowest BCUT2D eigenvalue weighted by atomic mass is 9.39. The minimum absolute atomic E-state index is 0.0364. The first-order valence-electron chi connectivity index (χ1n) is 20.3. The number of nitrogens with one attached hydrogen (secondary N) is 2. The normalized spacial score (nSPS) is 26.7. The van der Waals surface area contributed by atoms with Crippen molar-refractivity contribution in [3.05, 3.63) is 64.7 Å². The number of hydrogen-bond acceptors (Lipinski definition) is 14. The van der Waals surface area contributed by atoms with E-state index in [1.165, 1.54) is 30.0 Å². The molecule has 13 nitrogen and oxygen atoms in total. The largest absolute Gasteiger partial charge is 0.543 e. The number of nitrogens with two attached hydrogens (primary N) is 1. The van der Waals surface area contributed by atoms with Crippen molar-refractivity contribution in [2.24, 2.45) is 27.0 Å². The van der Waals surface area contributed by atoms with Gasteiger partial charge in [-0.2, -0.15) is 0 Å². The van der Waals surface area contributed by atoms with Crippen molar-refractivity contribution in [2.45, 2.75) is 91.1 Å². The predicted molar refractivity (Wildman–Crippen MR) is 223 cm³/mol. The molecule has 9 rings (SSSR count). The molecule has 308 valence electrons. The van der Waals surface area contributed by atoms with Gasteiger partial charge in [0.25, 0.3) is 0 Å². The molecule has 4 bridgehead atoms. The van der Waals surface area contributed by atoms with Crippen LogP contribution >= 0.6 is 11.3 Å². The van der Waals surface area contributed by atoms with E-state index in [0.717, 1.165) is 75.6 Å². The molecule has 3 aromatic heterocycles. The third kappa shape index (κ3) is 7.69. The summed E-state index contributed by atoms with van der Waals surface area (Å²) >= 11 is 1.21. The highest BCUT2D eigenvalue weighted by atomic mass is 32.1. The van der Waals surface area contributed by atoms with Gasteiger partial charge in [-0.1, -0.05) is 31.3 Å². The van der Waals surface area contributed by atoms with Crippen molar-refractivity contribution in [3.8, 4) is 0 Å². The highest BCUT2D eigenvalue weighted by Gasteiger charge is 2.66. The summed E-state index contributed by atoms with van der Waals surface area (Å²) in [4.78, 5) is 29.0. The number of aliphatic hydroxyl groups excluding tert-OH is 1. The Hall–Kier alpha value is -4.57. The maximum atomic E-state index is 14.3. The summed E-state index contributed by atoms with van der Waals surface area (Å²) in [5.41, 5.74) is 10.0. The van der Waals surface area contributed by atoms with Gasteiger partial charge in [-0.15, -0.1) is 10.2 Å². The van der Waals surface area contributed by atoms with E-state index < -0.39 is 5.97 Å². The number of aliphatic hydroxyl groups is 1. The number of pyridine rings is 1. The molecule has 4 aliphatic carbocycles. The highest BCUT2D eigenvalue weighted by molar-refractivity contribution is 7.22. The van der Waals surface area contributed by atoms with Gasteiger partial charge in [-0.25, -0.2) is 14.4 Å². The summed E-state index contributed by atoms with van der Waals surface area (Å²) in [5.74, 6) is -0.209. The zero-order chi connectivity index (χ0) is 40.9. The molecule has 5 N–H and O–H groups in total. The quantitative estimate of drug-likeness (QED) is 0.0814. The second kappa shape index (κ2) is 15.6. The van der Waals surface area contributed by atoms with E-state index in [1.807, 2.05) is 18.7 Å². The van der Waals surface area contributed by atoms with Crippen LogP contribution in [0.15, 0.2) is 41.5 Å². The number of aromatic nitrogens is 4. The van der Waals surface area contributed by atoms with Crippen molar-refractivity contribution in [1.29, 1.82) is 0 Å². The maximum Gasteiger partial charge on any atom is 0.189 e. The Balaban J connectivity index is 1.02. The average molecular weight is 811 g/mol. The summed E-state index contributed by atoms with van der Waals surface area (Å²) in [6.45, 7) is 12.2. The summed E-state index contributed by atoms with van der Waals surface area (Å²) < 4.78 is 21.6. The van der Waals surface area contributed by atoms with Crippen LogP contribution in [0.1, 0.15) is 99.3 Å². The van der Waals surface area contributed by atoms with Gasteiger partial charge in [0.1, 0.15) is 11.6 Å². The number of benzene rings is 1. The maximum absolute atomic E-state index is 14.3. The smallest absolute Gasteiger partial charge is 0.189 e. The number of aliphatic imine (C=N–C) groups is 1. The van der Waals surface area contributed by atoms with E-state index in [2.05, 4.69) is 44.6 Å². The van der Waals surface area contributed by atoms with E-state index in [1.54, 1.807) is 24.3 Å². The van der Waals surface area contributed by atoms with E-state index in [-0.39, 0.29) is 40.0 Å². The minimum Gasteiger partial charge on any atom is -0.543 e. The van der Waals surface area contributed by atoms with Gasteiger partial charge in [-0.05, 0) is 119 Å². The molecule has 0 spiro atoms. The Morgan fingerprint density at radius 2 is 1.90 bits per heavy atom. The van der Waals surface area contributed by atoms with Crippen LogP contribution in [-0.2, 0) is 11.2 Å². The molecule has 15 heteroatoms. The fourth-order valence-electron chi connectivity index (χ4n) is 11.6. The molecule has 2 atom stereocenters. The van der Waals surface area contributed by atoms with Crippen LogP contribution in [0.2, 0.25) is 0 Å². The van der Waals surface area contributed by atoms with Crippen LogP contribution in [0.5, 0.6) is 0 Å². The second-order valence-corrected chi connectivity index (χ2v) is 18.8. The van der Waals surface area contributed by atoms with Crippen molar-refractivity contribution in [3.63, 3.8) is 0 Å². The van der Waals surface area contributed by atoms with Crippen LogP contribution in [-0.4, -0.2) is 81.9 Å². The monoisotopic (exact) mass is 810 g/mol. The minimum atomic E-state index is -1.41. The molecule has 0 amide bonds. The fourth-order valence-corrected chi connectivity index (χ4v) is 12.4. The number of rotatable bonds is 15. The number of carbonyl (C=O) groups excluding carboxylic acids is 1. The number of halogens is 1. The Bertz CT molecular complexity index is 2280. The Morgan fingerprint density at radius 1 is 1.10 bits per heavy atom. The fraction of sp³-hybridized carbons (Fsp3) is 0.535. The van der Waals surface area contributed by atoms with Crippen LogP contribution in [0.3, 0.4) is 0 Å². The molecule has 0 radical (unpaired) electrons. The van der Waals surface area contributed by atoms with Crippen molar-refractivity contribution < 1.29 is 24.1 Å². The molecule has 0 saturated heterocycles. The van der Waals surface area contributed by atoms with Gasteiger partial charge < -0.3 is 41.0 Å². The number of hydrogen-bond donors (Lipinski definition) is 4. The summed E-state index contributed by atoms with van der Waals surface area (Å²) in [6, 6.07) is 8.32. The molecule has 4 saturated carbocycles. The van der Waals surface area contributed by atoms with Crippen LogP contribution < -0.4 is 26.4 Å². The molecule has 1 aliphatic heterocycles. The van der Waals surface area contributed by atoms with Crippen LogP contribution in [0, 0.1) is 29.0 Å². The molecule has 5 aliphatic rings. The zero-order valence-electron chi connectivity index (χ0n) is 33.8. The number of ether oxygens (including phenoxy) is 1. The Morgan fingerprint density at radius 3 is 2.62 bits per heavy atom. The van der Waals surface area contributed by atoms with Gasteiger partial charge in [0.05, 0.1) is 34.1 Å². The average Bonchev–Trinajstić information content (AvgIpc) is 3.59. The Kier molecular flexibility index (Phi) is 10.8. The number of allylic oxidation sites excluding steroid dienone is 1. The lowest BCUT2D eigenvalue weighted by Crippen LogP contribution is -2.64. The third-order valence-corrected chi connectivity index (χ3v) is 13.7. The van der Waals surface area contributed by atoms with Gasteiger partial charge in [-0.3, -0.25) is 4.99 Å². The topological polar surface area (TPSA) is 187 Å². The number of nitrogens with zero attached hydrogens (tertiary/aromatic N) is 6. The number of carboxylic acids is 1. The van der Waals surface area contributed by atoms with Gasteiger partial charge >= 0.3 is 0 Å². The number of carboxylic acid groups (broad SMARTS) is 1. The van der Waals surface area contributed by atoms with E-state index in [9.17, 15) is 14.3 Å². The van der Waals surface area contributed by atoms with Crippen molar-refractivity contribution >= 4 is 61.4 Å². The van der Waals surface area contributed by atoms with Crippen molar-refractivity contribution in [1.82, 2.24) is 25.5 Å². The second-order valence-electron chi connectivity index (χ2n) is 17.8. The van der Waals surface area contributed by atoms with E-state index in [0.29, 0.717) is 69.3 Å².